The molecule has 0 aliphatic rings. The van der Waals surface area contributed by atoms with Crippen LogP contribution in [0.1, 0.15) is 28.3 Å². The number of nitrogens with zero attached hydrogens (tertiary/aromatic N) is 1. The van der Waals surface area contributed by atoms with E-state index in [9.17, 15) is 0 Å². The van der Waals surface area contributed by atoms with Crippen LogP contribution in [0.25, 0.3) is 0 Å². The summed E-state index contributed by atoms with van der Waals surface area (Å²) in [6.07, 6.45) is 0. The van der Waals surface area contributed by atoms with E-state index in [1.54, 1.807) is 0 Å². The number of hydrogen-bond donors (Lipinski definition) is 1. The predicted octanol–water partition coefficient (Wildman–Crippen LogP) is 3.54. The monoisotopic (exact) mass is 282 g/mol. The van der Waals surface area contributed by atoms with Crippen molar-refractivity contribution >= 4 is 0 Å². The van der Waals surface area contributed by atoms with Crippen LogP contribution in [-0.4, -0.2) is 32.1 Å². The molecule has 2 rings (SSSR count). The van der Waals surface area contributed by atoms with Crippen LogP contribution >= 0.6 is 0 Å². The zero-order chi connectivity index (χ0) is 15.2. The standard InChI is InChI=1S/C19H26N2/c1-15-10-11-16(2)18(14-15)19(21(4)13-12-20-3)17-8-6-5-7-9-17/h5-11,14,19-20H,12-13H2,1-4H3. The predicted molar refractivity (Wildman–Crippen MR) is 90.8 cm³/mol. The van der Waals surface area contributed by atoms with Crippen LogP contribution < -0.4 is 5.32 Å². The quantitative estimate of drug-likeness (QED) is 0.871. The van der Waals surface area contributed by atoms with Crippen LogP contribution in [0.4, 0.5) is 0 Å². The average Bonchev–Trinajstić information content (AvgIpc) is 2.50. The molecule has 2 aromatic carbocycles. The van der Waals surface area contributed by atoms with E-state index in [-0.39, 0.29) is 0 Å². The highest BCUT2D eigenvalue weighted by Gasteiger charge is 2.20. The molecule has 0 aromatic heterocycles. The summed E-state index contributed by atoms with van der Waals surface area (Å²) in [5.74, 6) is 0. The highest BCUT2D eigenvalue weighted by atomic mass is 15.1. The maximum absolute atomic E-state index is 3.24. The van der Waals surface area contributed by atoms with Gasteiger partial charge < -0.3 is 5.32 Å². The van der Waals surface area contributed by atoms with E-state index >= 15 is 0 Å². The molecule has 2 nitrogen and oxygen atoms in total. The maximum Gasteiger partial charge on any atom is 0.0602 e. The number of rotatable bonds is 6. The Balaban J connectivity index is 2.42. The van der Waals surface area contributed by atoms with Crippen LogP contribution in [0.3, 0.4) is 0 Å². The van der Waals surface area contributed by atoms with Crippen molar-refractivity contribution in [3.63, 3.8) is 0 Å². The van der Waals surface area contributed by atoms with E-state index in [0.29, 0.717) is 6.04 Å². The van der Waals surface area contributed by atoms with Gasteiger partial charge in [-0.25, -0.2) is 0 Å². The first-order valence-corrected chi connectivity index (χ1v) is 7.60. The number of nitrogens with one attached hydrogen (secondary N) is 1. The normalized spacial score (nSPS) is 12.6. The number of aryl methyl sites for hydroxylation is 2. The van der Waals surface area contributed by atoms with Gasteiger partial charge in [0.25, 0.3) is 0 Å². The molecule has 1 atom stereocenters. The van der Waals surface area contributed by atoms with Gasteiger partial charge >= 0.3 is 0 Å². The first-order valence-electron chi connectivity index (χ1n) is 7.60. The van der Waals surface area contributed by atoms with Gasteiger partial charge in [0.15, 0.2) is 0 Å². The molecule has 2 aromatic rings. The lowest BCUT2D eigenvalue weighted by Crippen LogP contribution is -2.32. The van der Waals surface area contributed by atoms with Crippen molar-refractivity contribution in [2.24, 2.45) is 0 Å². The molecular weight excluding hydrogens is 256 g/mol. The molecule has 1 N–H and O–H groups in total. The molecule has 0 saturated carbocycles. The lowest BCUT2D eigenvalue weighted by Gasteiger charge is -2.30. The second kappa shape index (κ2) is 7.39. The van der Waals surface area contributed by atoms with E-state index in [1.165, 1.54) is 22.3 Å². The van der Waals surface area contributed by atoms with Gasteiger partial charge in [-0.3, -0.25) is 4.90 Å². The second-order valence-corrected chi connectivity index (χ2v) is 5.76. The summed E-state index contributed by atoms with van der Waals surface area (Å²) in [5, 5.41) is 3.24. The molecule has 0 bridgehead atoms. The van der Waals surface area contributed by atoms with Crippen molar-refractivity contribution in [1.82, 2.24) is 10.2 Å². The van der Waals surface area contributed by atoms with Gasteiger partial charge in [0, 0.05) is 13.1 Å². The third-order valence-electron chi connectivity index (χ3n) is 4.00. The van der Waals surface area contributed by atoms with Crippen molar-refractivity contribution < 1.29 is 0 Å². The number of hydrogen-bond acceptors (Lipinski definition) is 2. The van der Waals surface area contributed by atoms with E-state index in [1.807, 2.05) is 7.05 Å². The first kappa shape index (κ1) is 15.7. The van der Waals surface area contributed by atoms with Gasteiger partial charge in [-0.2, -0.15) is 0 Å². The Morgan fingerprint density at radius 1 is 1.05 bits per heavy atom. The van der Waals surface area contributed by atoms with E-state index < -0.39 is 0 Å². The van der Waals surface area contributed by atoms with E-state index in [0.717, 1.165) is 13.1 Å². The van der Waals surface area contributed by atoms with Crippen molar-refractivity contribution in [3.8, 4) is 0 Å². The molecule has 0 aliphatic carbocycles. The van der Waals surface area contributed by atoms with Crippen LogP contribution in [0.5, 0.6) is 0 Å². The lowest BCUT2D eigenvalue weighted by molar-refractivity contribution is 0.280. The van der Waals surface area contributed by atoms with Crippen molar-refractivity contribution in [2.75, 3.05) is 27.2 Å². The van der Waals surface area contributed by atoms with Gasteiger partial charge in [0.2, 0.25) is 0 Å². The molecule has 1 unspecified atom stereocenters. The van der Waals surface area contributed by atoms with E-state index in [2.05, 4.69) is 79.6 Å². The van der Waals surface area contributed by atoms with Gasteiger partial charge in [-0.15, -0.1) is 0 Å². The molecule has 112 valence electrons. The summed E-state index contributed by atoms with van der Waals surface area (Å²) in [6, 6.07) is 17.8. The zero-order valence-corrected chi connectivity index (χ0v) is 13.6. The number of likely N-dealkylation sites (N-methyl/N-ethyl adjacent to an activating group) is 2. The zero-order valence-electron chi connectivity index (χ0n) is 13.6. The highest BCUT2D eigenvalue weighted by Crippen LogP contribution is 2.30. The minimum absolute atomic E-state index is 0.305. The maximum atomic E-state index is 3.24. The summed E-state index contributed by atoms with van der Waals surface area (Å²) < 4.78 is 0. The molecule has 21 heavy (non-hydrogen) atoms. The molecule has 0 heterocycles. The van der Waals surface area contributed by atoms with Crippen molar-refractivity contribution in [2.45, 2.75) is 19.9 Å². The minimum Gasteiger partial charge on any atom is -0.318 e. The van der Waals surface area contributed by atoms with Crippen molar-refractivity contribution in [3.05, 3.63) is 70.8 Å². The Morgan fingerprint density at radius 3 is 2.43 bits per heavy atom. The Labute approximate surface area is 128 Å². The summed E-state index contributed by atoms with van der Waals surface area (Å²) >= 11 is 0. The van der Waals surface area contributed by atoms with Gasteiger partial charge in [0.1, 0.15) is 0 Å². The molecule has 0 spiro atoms. The van der Waals surface area contributed by atoms with Crippen LogP contribution in [0.15, 0.2) is 48.5 Å². The summed E-state index contributed by atoms with van der Waals surface area (Å²) in [4.78, 5) is 2.42. The van der Waals surface area contributed by atoms with Crippen LogP contribution in [0.2, 0.25) is 0 Å². The highest BCUT2D eigenvalue weighted by molar-refractivity contribution is 5.39. The smallest absolute Gasteiger partial charge is 0.0602 e. The van der Waals surface area contributed by atoms with Gasteiger partial charge in [-0.1, -0.05) is 54.1 Å². The summed E-state index contributed by atoms with van der Waals surface area (Å²) in [6.45, 7) is 6.38. The number of benzene rings is 2. The fourth-order valence-electron chi connectivity index (χ4n) is 2.78. The van der Waals surface area contributed by atoms with E-state index in [4.69, 9.17) is 0 Å². The summed E-state index contributed by atoms with van der Waals surface area (Å²) in [5.41, 5.74) is 5.42. The Bertz CT molecular complexity index is 563. The topological polar surface area (TPSA) is 15.3 Å². The molecule has 0 amide bonds. The minimum atomic E-state index is 0.305. The SMILES string of the molecule is CNCCN(C)C(c1ccccc1)c1cc(C)ccc1C. The summed E-state index contributed by atoms with van der Waals surface area (Å²) in [7, 11) is 4.21. The first-order chi connectivity index (χ1) is 10.1. The lowest BCUT2D eigenvalue weighted by atomic mass is 9.92. The van der Waals surface area contributed by atoms with Gasteiger partial charge in [0.05, 0.1) is 6.04 Å². The largest absolute Gasteiger partial charge is 0.318 e. The fourth-order valence-corrected chi connectivity index (χ4v) is 2.78. The molecule has 2 heteroatoms. The van der Waals surface area contributed by atoms with Gasteiger partial charge in [-0.05, 0) is 44.6 Å². The van der Waals surface area contributed by atoms with Crippen LogP contribution in [0, 0.1) is 13.8 Å². The molecule has 0 aliphatic heterocycles. The fraction of sp³-hybridized carbons (Fsp3) is 0.368. The third-order valence-corrected chi connectivity index (χ3v) is 4.00. The second-order valence-electron chi connectivity index (χ2n) is 5.76. The molecule has 0 saturated heterocycles. The average molecular weight is 282 g/mol. The van der Waals surface area contributed by atoms with Crippen LogP contribution in [-0.2, 0) is 0 Å². The van der Waals surface area contributed by atoms with Crippen molar-refractivity contribution in [1.29, 1.82) is 0 Å². The Kier molecular flexibility index (Phi) is 5.54. The molecule has 0 fully saturated rings. The molecule has 0 radical (unpaired) electrons. The Hall–Kier alpha value is -1.64. The Morgan fingerprint density at radius 2 is 1.76 bits per heavy atom. The molecular formula is C19H26N2. The third kappa shape index (κ3) is 3.93.